The lowest BCUT2D eigenvalue weighted by Gasteiger charge is -2.15. The number of nitrogens with one attached hydrogen (secondary N) is 1. The smallest absolute Gasteiger partial charge is 0.144 e. The summed E-state index contributed by atoms with van der Waals surface area (Å²) in [6, 6.07) is 5.76. The largest absolute Gasteiger partial charge is 0.396 e. The lowest BCUT2D eigenvalue weighted by Crippen LogP contribution is -2.18. The van der Waals surface area contributed by atoms with Crippen molar-refractivity contribution in [1.29, 1.82) is 5.26 Å². The van der Waals surface area contributed by atoms with Gasteiger partial charge in [-0.15, -0.1) is 0 Å². The van der Waals surface area contributed by atoms with E-state index in [1.165, 1.54) is 0 Å². The van der Waals surface area contributed by atoms with Gasteiger partial charge in [0, 0.05) is 18.8 Å². The van der Waals surface area contributed by atoms with E-state index in [4.69, 9.17) is 10.4 Å². The number of nitrogens with zero attached hydrogens (tertiary/aromatic N) is 2. The highest BCUT2D eigenvalue weighted by Gasteiger charge is 2.41. The molecule has 1 aliphatic carbocycles. The number of hydrogen-bond donors (Lipinski definition) is 2. The van der Waals surface area contributed by atoms with Gasteiger partial charge in [-0.2, -0.15) is 5.26 Å². The fraction of sp³-hybridized carbons (Fsp3) is 0.538. The van der Waals surface area contributed by atoms with E-state index in [1.54, 1.807) is 6.07 Å². The van der Waals surface area contributed by atoms with Crippen molar-refractivity contribution in [3.8, 4) is 6.07 Å². The molecule has 2 N–H and O–H groups in total. The molecule has 0 unspecified atom stereocenters. The molecule has 1 saturated carbocycles. The van der Waals surface area contributed by atoms with Crippen LogP contribution in [0.1, 0.15) is 30.5 Å². The molecule has 0 saturated heterocycles. The average Bonchev–Trinajstić information content (AvgIpc) is 3.08. The van der Waals surface area contributed by atoms with Gasteiger partial charge in [0.05, 0.1) is 5.56 Å². The van der Waals surface area contributed by atoms with Crippen molar-refractivity contribution in [1.82, 2.24) is 4.98 Å². The van der Waals surface area contributed by atoms with Crippen LogP contribution in [0.4, 0.5) is 5.82 Å². The summed E-state index contributed by atoms with van der Waals surface area (Å²) >= 11 is 0. The second-order valence-corrected chi connectivity index (χ2v) is 4.79. The molecule has 1 heterocycles. The normalized spacial score (nSPS) is 16.3. The first-order valence-corrected chi connectivity index (χ1v) is 5.92. The van der Waals surface area contributed by atoms with Crippen LogP contribution in [0.2, 0.25) is 0 Å². The summed E-state index contributed by atoms with van der Waals surface area (Å²) in [5.74, 6) is 0.664. The molecule has 1 aromatic heterocycles. The number of aliphatic hydroxyl groups excluding tert-OH is 1. The van der Waals surface area contributed by atoms with Crippen LogP contribution in [-0.4, -0.2) is 23.2 Å². The zero-order valence-electron chi connectivity index (χ0n) is 10.0. The number of aryl methyl sites for hydroxylation is 1. The Hall–Kier alpha value is -1.60. The Morgan fingerprint density at radius 2 is 2.29 bits per heavy atom. The summed E-state index contributed by atoms with van der Waals surface area (Å²) in [6.45, 7) is 2.93. The SMILES string of the molecule is Cc1ccc(C#N)c(NCC2(CCO)CC2)n1. The third kappa shape index (κ3) is 2.75. The molecule has 1 aliphatic rings. The second-order valence-electron chi connectivity index (χ2n) is 4.79. The first-order chi connectivity index (χ1) is 8.19. The molecule has 0 aromatic carbocycles. The van der Waals surface area contributed by atoms with E-state index >= 15 is 0 Å². The molecule has 0 atom stereocenters. The van der Waals surface area contributed by atoms with E-state index in [2.05, 4.69) is 16.4 Å². The third-order valence-electron chi connectivity index (χ3n) is 3.39. The van der Waals surface area contributed by atoms with Gasteiger partial charge >= 0.3 is 0 Å². The molecule has 2 rings (SSSR count). The zero-order valence-corrected chi connectivity index (χ0v) is 10.0. The van der Waals surface area contributed by atoms with Crippen molar-refractivity contribution in [3.05, 3.63) is 23.4 Å². The van der Waals surface area contributed by atoms with Crippen molar-refractivity contribution in [2.75, 3.05) is 18.5 Å². The van der Waals surface area contributed by atoms with Crippen LogP contribution in [0.15, 0.2) is 12.1 Å². The average molecular weight is 231 g/mol. The van der Waals surface area contributed by atoms with Crippen molar-refractivity contribution >= 4 is 5.82 Å². The lowest BCUT2D eigenvalue weighted by atomic mass is 10.0. The molecule has 0 bridgehead atoms. The van der Waals surface area contributed by atoms with Crippen molar-refractivity contribution < 1.29 is 5.11 Å². The summed E-state index contributed by atoms with van der Waals surface area (Å²) < 4.78 is 0. The summed E-state index contributed by atoms with van der Waals surface area (Å²) in [6.07, 6.45) is 3.12. The summed E-state index contributed by atoms with van der Waals surface area (Å²) in [4.78, 5) is 4.34. The minimum atomic E-state index is 0.229. The molecule has 1 fully saturated rings. The van der Waals surface area contributed by atoms with Gasteiger partial charge < -0.3 is 10.4 Å². The van der Waals surface area contributed by atoms with E-state index < -0.39 is 0 Å². The van der Waals surface area contributed by atoms with Gasteiger partial charge in [0.15, 0.2) is 0 Å². The van der Waals surface area contributed by atoms with Crippen molar-refractivity contribution in [3.63, 3.8) is 0 Å². The molecule has 0 radical (unpaired) electrons. The number of nitriles is 1. The first-order valence-electron chi connectivity index (χ1n) is 5.92. The van der Waals surface area contributed by atoms with Crippen molar-refractivity contribution in [2.24, 2.45) is 5.41 Å². The quantitative estimate of drug-likeness (QED) is 0.811. The molecular formula is C13H17N3O. The maximum absolute atomic E-state index is 8.99. The maximum Gasteiger partial charge on any atom is 0.144 e. The van der Waals surface area contributed by atoms with Crippen LogP contribution < -0.4 is 5.32 Å². The van der Waals surface area contributed by atoms with E-state index in [0.29, 0.717) is 11.4 Å². The van der Waals surface area contributed by atoms with Crippen LogP contribution in [0, 0.1) is 23.7 Å². The van der Waals surface area contributed by atoms with Gasteiger partial charge in [-0.25, -0.2) is 4.98 Å². The monoisotopic (exact) mass is 231 g/mol. The van der Waals surface area contributed by atoms with Gasteiger partial charge in [-0.1, -0.05) is 0 Å². The molecule has 4 nitrogen and oxygen atoms in total. The molecule has 0 aliphatic heterocycles. The lowest BCUT2D eigenvalue weighted by molar-refractivity contribution is 0.253. The van der Waals surface area contributed by atoms with Crippen LogP contribution in [0.25, 0.3) is 0 Å². The van der Waals surface area contributed by atoms with E-state index in [0.717, 1.165) is 31.5 Å². The highest BCUT2D eigenvalue weighted by molar-refractivity contribution is 5.52. The van der Waals surface area contributed by atoms with Crippen LogP contribution in [-0.2, 0) is 0 Å². The Labute approximate surface area is 101 Å². The molecule has 17 heavy (non-hydrogen) atoms. The predicted octanol–water partition coefficient (Wildman–Crippen LogP) is 1.84. The molecule has 0 spiro atoms. The van der Waals surface area contributed by atoms with E-state index in [9.17, 15) is 0 Å². The number of anilines is 1. The highest BCUT2D eigenvalue weighted by atomic mass is 16.3. The third-order valence-corrected chi connectivity index (χ3v) is 3.39. The fourth-order valence-corrected chi connectivity index (χ4v) is 1.98. The number of rotatable bonds is 5. The van der Waals surface area contributed by atoms with E-state index in [-0.39, 0.29) is 12.0 Å². The first kappa shape index (κ1) is 11.9. The summed E-state index contributed by atoms with van der Waals surface area (Å²) in [7, 11) is 0. The second kappa shape index (κ2) is 4.72. The van der Waals surface area contributed by atoms with Gasteiger partial charge in [0.25, 0.3) is 0 Å². The molecule has 4 heteroatoms. The molecule has 90 valence electrons. The Bertz CT molecular complexity index is 446. The van der Waals surface area contributed by atoms with E-state index in [1.807, 2.05) is 13.0 Å². The number of pyridine rings is 1. The maximum atomic E-state index is 8.99. The van der Waals surface area contributed by atoms with Gasteiger partial charge in [-0.05, 0) is 43.7 Å². The zero-order chi connectivity index (χ0) is 12.3. The molecule has 0 amide bonds. The standard InChI is InChI=1S/C13H17N3O/c1-10-2-3-11(8-14)12(16-10)15-9-13(4-5-13)6-7-17/h2-3,17H,4-7,9H2,1H3,(H,15,16). The summed E-state index contributed by atoms with van der Waals surface area (Å²) in [5, 5.41) is 21.2. The van der Waals surface area contributed by atoms with Crippen LogP contribution in [0.5, 0.6) is 0 Å². The minimum absolute atomic E-state index is 0.229. The predicted molar refractivity (Wildman–Crippen MR) is 65.5 cm³/mol. The Morgan fingerprint density at radius 3 is 2.88 bits per heavy atom. The van der Waals surface area contributed by atoms with Crippen molar-refractivity contribution in [2.45, 2.75) is 26.2 Å². The summed E-state index contributed by atoms with van der Waals surface area (Å²) in [5.41, 5.74) is 1.71. The minimum Gasteiger partial charge on any atom is -0.396 e. The number of aliphatic hydroxyl groups is 1. The fourth-order valence-electron chi connectivity index (χ4n) is 1.98. The Morgan fingerprint density at radius 1 is 1.53 bits per heavy atom. The Kier molecular flexibility index (Phi) is 3.30. The highest BCUT2D eigenvalue weighted by Crippen LogP contribution is 2.48. The number of aromatic nitrogens is 1. The topological polar surface area (TPSA) is 68.9 Å². The molecular weight excluding hydrogens is 214 g/mol. The number of hydrogen-bond acceptors (Lipinski definition) is 4. The van der Waals surface area contributed by atoms with Gasteiger partial charge in [-0.3, -0.25) is 0 Å². The van der Waals surface area contributed by atoms with Gasteiger partial charge in [0.1, 0.15) is 11.9 Å². The Balaban J connectivity index is 2.04. The van der Waals surface area contributed by atoms with Crippen LogP contribution >= 0.6 is 0 Å². The van der Waals surface area contributed by atoms with Gasteiger partial charge in [0.2, 0.25) is 0 Å². The van der Waals surface area contributed by atoms with Crippen LogP contribution in [0.3, 0.4) is 0 Å². The molecule has 1 aromatic rings.